The van der Waals surface area contributed by atoms with Crippen molar-refractivity contribution in [2.75, 3.05) is 5.73 Å². The molecule has 0 aromatic carbocycles. The summed E-state index contributed by atoms with van der Waals surface area (Å²) in [5.41, 5.74) is 7.61. The molecule has 0 bridgehead atoms. The lowest BCUT2D eigenvalue weighted by Crippen LogP contribution is -2.19. The molecule has 1 aromatic rings. The molecule has 3 nitrogen and oxygen atoms in total. The van der Waals surface area contributed by atoms with Crippen LogP contribution in [-0.4, -0.2) is 9.55 Å². The van der Waals surface area contributed by atoms with Crippen molar-refractivity contribution >= 4 is 5.82 Å². The standard InChI is InChI=1S/C15H27N3/c1-5-10-18-13(16)12(11-8-6-7-9-11)17-14(18)15(2,3)4/h11H,5-10,16H2,1-4H3. The van der Waals surface area contributed by atoms with Crippen LogP contribution in [0.5, 0.6) is 0 Å². The van der Waals surface area contributed by atoms with Gasteiger partial charge in [-0.2, -0.15) is 0 Å². The highest BCUT2D eigenvalue weighted by molar-refractivity contribution is 5.42. The number of nitrogen functional groups attached to an aromatic ring is 1. The fraction of sp³-hybridized carbons (Fsp3) is 0.800. The quantitative estimate of drug-likeness (QED) is 0.884. The van der Waals surface area contributed by atoms with E-state index in [0.29, 0.717) is 5.92 Å². The number of hydrogen-bond acceptors (Lipinski definition) is 2. The topological polar surface area (TPSA) is 43.8 Å². The SMILES string of the molecule is CCCn1c(C(C)(C)C)nc(C2CCCC2)c1N. The predicted octanol–water partition coefficient (Wildman–Crippen LogP) is 3.83. The summed E-state index contributed by atoms with van der Waals surface area (Å²) in [5, 5.41) is 0. The van der Waals surface area contributed by atoms with Gasteiger partial charge in [0.1, 0.15) is 11.6 Å². The molecule has 1 aliphatic carbocycles. The van der Waals surface area contributed by atoms with Gasteiger partial charge in [0.15, 0.2) is 0 Å². The van der Waals surface area contributed by atoms with Crippen LogP contribution in [0.1, 0.15) is 77.2 Å². The van der Waals surface area contributed by atoms with Gasteiger partial charge in [0.25, 0.3) is 0 Å². The van der Waals surface area contributed by atoms with E-state index in [0.717, 1.165) is 24.6 Å². The molecule has 0 radical (unpaired) electrons. The van der Waals surface area contributed by atoms with E-state index < -0.39 is 0 Å². The molecule has 1 fully saturated rings. The van der Waals surface area contributed by atoms with Crippen LogP contribution in [0, 0.1) is 0 Å². The number of aromatic nitrogens is 2. The Bertz CT molecular complexity index is 406. The second-order valence-electron chi connectivity index (χ2n) is 6.59. The molecule has 1 saturated carbocycles. The van der Waals surface area contributed by atoms with Gasteiger partial charge in [0.05, 0.1) is 5.69 Å². The summed E-state index contributed by atoms with van der Waals surface area (Å²) in [6, 6.07) is 0. The average Bonchev–Trinajstić information content (AvgIpc) is 2.87. The third-order valence-electron chi connectivity index (χ3n) is 3.90. The van der Waals surface area contributed by atoms with Crippen LogP contribution in [0.2, 0.25) is 0 Å². The first kappa shape index (κ1) is 13.4. The van der Waals surface area contributed by atoms with Crippen LogP contribution >= 0.6 is 0 Å². The summed E-state index contributed by atoms with van der Waals surface area (Å²) in [6.07, 6.45) is 6.28. The molecule has 102 valence electrons. The van der Waals surface area contributed by atoms with Crippen molar-refractivity contribution in [2.24, 2.45) is 0 Å². The molecule has 3 heteroatoms. The van der Waals surface area contributed by atoms with Gasteiger partial charge < -0.3 is 10.3 Å². The number of imidazole rings is 1. The monoisotopic (exact) mass is 249 g/mol. The highest BCUT2D eigenvalue weighted by Crippen LogP contribution is 2.38. The van der Waals surface area contributed by atoms with Crippen molar-refractivity contribution in [1.29, 1.82) is 0 Å². The maximum Gasteiger partial charge on any atom is 0.127 e. The third-order valence-corrected chi connectivity index (χ3v) is 3.90. The first-order valence-corrected chi connectivity index (χ1v) is 7.31. The summed E-state index contributed by atoms with van der Waals surface area (Å²) in [7, 11) is 0. The Morgan fingerprint density at radius 1 is 1.28 bits per heavy atom. The first-order valence-electron chi connectivity index (χ1n) is 7.31. The van der Waals surface area contributed by atoms with E-state index in [4.69, 9.17) is 10.7 Å². The lowest BCUT2D eigenvalue weighted by atomic mass is 9.95. The highest BCUT2D eigenvalue weighted by atomic mass is 15.2. The minimum atomic E-state index is 0.0696. The molecule has 1 aromatic heterocycles. The van der Waals surface area contributed by atoms with Gasteiger partial charge in [-0.1, -0.05) is 40.5 Å². The van der Waals surface area contributed by atoms with Gasteiger partial charge in [-0.3, -0.25) is 0 Å². The second-order valence-corrected chi connectivity index (χ2v) is 6.59. The Morgan fingerprint density at radius 3 is 2.39 bits per heavy atom. The van der Waals surface area contributed by atoms with Crippen LogP contribution in [-0.2, 0) is 12.0 Å². The zero-order valence-electron chi connectivity index (χ0n) is 12.3. The second kappa shape index (κ2) is 4.94. The predicted molar refractivity (Wildman–Crippen MR) is 76.8 cm³/mol. The normalized spacial score (nSPS) is 17.6. The van der Waals surface area contributed by atoms with E-state index in [-0.39, 0.29) is 5.41 Å². The minimum absolute atomic E-state index is 0.0696. The fourth-order valence-electron chi connectivity index (χ4n) is 3.01. The van der Waals surface area contributed by atoms with E-state index in [1.165, 1.54) is 31.4 Å². The van der Waals surface area contributed by atoms with Crippen molar-refractivity contribution in [3.63, 3.8) is 0 Å². The Balaban J connectivity index is 2.42. The smallest absolute Gasteiger partial charge is 0.127 e. The van der Waals surface area contributed by atoms with E-state index >= 15 is 0 Å². The molecule has 2 rings (SSSR count). The molecule has 0 atom stereocenters. The average molecular weight is 249 g/mol. The maximum atomic E-state index is 6.37. The van der Waals surface area contributed by atoms with Gasteiger partial charge in [0.2, 0.25) is 0 Å². The number of anilines is 1. The van der Waals surface area contributed by atoms with Gasteiger partial charge >= 0.3 is 0 Å². The molecule has 18 heavy (non-hydrogen) atoms. The van der Waals surface area contributed by atoms with Crippen LogP contribution < -0.4 is 5.73 Å². The molecule has 1 heterocycles. The first-order chi connectivity index (χ1) is 8.45. The summed E-state index contributed by atoms with van der Waals surface area (Å²) in [5.74, 6) is 2.68. The van der Waals surface area contributed by atoms with Crippen molar-refractivity contribution < 1.29 is 0 Å². The molecule has 0 aliphatic heterocycles. The Kier molecular flexibility index (Phi) is 3.69. The molecule has 0 saturated heterocycles. The number of hydrogen-bond donors (Lipinski definition) is 1. The number of nitrogens with zero attached hydrogens (tertiary/aromatic N) is 2. The van der Waals surface area contributed by atoms with E-state index in [9.17, 15) is 0 Å². The summed E-state index contributed by atoms with van der Waals surface area (Å²) in [4.78, 5) is 4.92. The lowest BCUT2D eigenvalue weighted by Gasteiger charge is -2.19. The van der Waals surface area contributed by atoms with Crippen LogP contribution in [0.15, 0.2) is 0 Å². The number of rotatable bonds is 3. The largest absolute Gasteiger partial charge is 0.384 e. The molecule has 1 aliphatic rings. The van der Waals surface area contributed by atoms with Crippen LogP contribution in [0.25, 0.3) is 0 Å². The Labute approximate surface area is 111 Å². The molecular weight excluding hydrogens is 222 g/mol. The Hall–Kier alpha value is -0.990. The molecular formula is C15H27N3. The van der Waals surface area contributed by atoms with Crippen LogP contribution in [0.4, 0.5) is 5.82 Å². The van der Waals surface area contributed by atoms with Crippen molar-refractivity contribution in [2.45, 2.75) is 77.7 Å². The van der Waals surface area contributed by atoms with Crippen molar-refractivity contribution in [3.8, 4) is 0 Å². The molecule has 0 unspecified atom stereocenters. The molecule has 0 amide bonds. The van der Waals surface area contributed by atoms with Crippen LogP contribution in [0.3, 0.4) is 0 Å². The summed E-state index contributed by atoms with van der Waals surface area (Å²) in [6.45, 7) is 9.84. The van der Waals surface area contributed by atoms with E-state index in [2.05, 4.69) is 32.3 Å². The minimum Gasteiger partial charge on any atom is -0.384 e. The summed E-state index contributed by atoms with van der Waals surface area (Å²) >= 11 is 0. The Morgan fingerprint density at radius 2 is 1.89 bits per heavy atom. The third kappa shape index (κ3) is 2.40. The van der Waals surface area contributed by atoms with E-state index in [1.54, 1.807) is 0 Å². The van der Waals surface area contributed by atoms with Crippen molar-refractivity contribution in [1.82, 2.24) is 9.55 Å². The zero-order valence-corrected chi connectivity index (χ0v) is 12.3. The van der Waals surface area contributed by atoms with Gasteiger partial charge in [-0.05, 0) is 19.3 Å². The maximum absolute atomic E-state index is 6.37. The van der Waals surface area contributed by atoms with Crippen molar-refractivity contribution in [3.05, 3.63) is 11.5 Å². The zero-order chi connectivity index (χ0) is 13.3. The van der Waals surface area contributed by atoms with Gasteiger partial charge in [-0.15, -0.1) is 0 Å². The number of nitrogens with two attached hydrogens (primary N) is 1. The van der Waals surface area contributed by atoms with Gasteiger partial charge in [0, 0.05) is 17.9 Å². The fourth-order valence-corrected chi connectivity index (χ4v) is 3.01. The lowest BCUT2D eigenvalue weighted by molar-refractivity contribution is 0.497. The summed E-state index contributed by atoms with van der Waals surface area (Å²) < 4.78 is 2.24. The highest BCUT2D eigenvalue weighted by Gasteiger charge is 2.29. The van der Waals surface area contributed by atoms with Gasteiger partial charge in [-0.25, -0.2) is 4.98 Å². The molecule has 0 spiro atoms. The molecule has 2 N–H and O–H groups in total. The van der Waals surface area contributed by atoms with E-state index in [1.807, 2.05) is 0 Å².